The third kappa shape index (κ3) is 4.63. The van der Waals surface area contributed by atoms with Gasteiger partial charge >= 0.3 is 0 Å². The molecule has 0 aliphatic heterocycles. The number of benzene rings is 1. The van der Waals surface area contributed by atoms with Crippen LogP contribution in [0.5, 0.6) is 0 Å². The minimum atomic E-state index is -1.21. The Hall–Kier alpha value is -0.860. The van der Waals surface area contributed by atoms with Gasteiger partial charge in [-0.25, -0.2) is 0 Å². The van der Waals surface area contributed by atoms with Crippen LogP contribution in [-0.4, -0.2) is 5.11 Å². The van der Waals surface area contributed by atoms with E-state index in [0.717, 1.165) is 30.4 Å². The predicted molar refractivity (Wildman–Crippen MR) is 82.1 cm³/mol. The number of nitrogens with two attached hydrogens (primary N) is 1. The molecular weight excluding hydrogens is 234 g/mol. The lowest BCUT2D eigenvalue weighted by atomic mass is 9.83. The van der Waals surface area contributed by atoms with Crippen molar-refractivity contribution in [3.8, 4) is 0 Å². The highest BCUT2D eigenvalue weighted by atomic mass is 16.3. The second-order valence-corrected chi connectivity index (χ2v) is 6.72. The van der Waals surface area contributed by atoms with E-state index in [9.17, 15) is 5.11 Å². The monoisotopic (exact) mass is 263 g/mol. The Morgan fingerprint density at radius 2 is 1.63 bits per heavy atom. The highest BCUT2D eigenvalue weighted by Crippen LogP contribution is 2.29. The van der Waals surface area contributed by atoms with Crippen LogP contribution in [0.2, 0.25) is 0 Å². The van der Waals surface area contributed by atoms with Crippen LogP contribution in [0.25, 0.3) is 0 Å². The van der Waals surface area contributed by atoms with Crippen molar-refractivity contribution in [1.29, 1.82) is 0 Å². The van der Waals surface area contributed by atoms with Gasteiger partial charge < -0.3 is 5.11 Å². The van der Waals surface area contributed by atoms with Crippen LogP contribution >= 0.6 is 0 Å². The molecule has 0 aromatic heterocycles. The molecule has 0 saturated heterocycles. The van der Waals surface area contributed by atoms with E-state index < -0.39 is 5.72 Å². The van der Waals surface area contributed by atoms with E-state index in [4.69, 9.17) is 5.73 Å². The fourth-order valence-electron chi connectivity index (χ4n) is 2.25. The number of unbranched alkanes of at least 4 members (excludes halogenated alkanes) is 2. The molecule has 0 amide bonds. The zero-order chi connectivity index (χ0) is 14.7. The highest BCUT2D eigenvalue weighted by molar-refractivity contribution is 5.36. The van der Waals surface area contributed by atoms with Crippen molar-refractivity contribution in [1.82, 2.24) is 0 Å². The second kappa shape index (κ2) is 6.06. The molecule has 1 rings (SSSR count). The molecule has 1 aromatic carbocycles. The summed E-state index contributed by atoms with van der Waals surface area (Å²) in [6, 6.07) is 6.23. The minimum absolute atomic E-state index is 0.0697. The fourth-order valence-corrected chi connectivity index (χ4v) is 2.25. The maximum atomic E-state index is 10.5. The molecule has 2 nitrogen and oxygen atoms in total. The van der Waals surface area contributed by atoms with Crippen LogP contribution in [0.1, 0.15) is 70.1 Å². The van der Waals surface area contributed by atoms with Crippen molar-refractivity contribution in [3.05, 3.63) is 34.9 Å². The average Bonchev–Trinajstić information content (AvgIpc) is 2.27. The first-order chi connectivity index (χ1) is 8.66. The highest BCUT2D eigenvalue weighted by Gasteiger charge is 2.25. The van der Waals surface area contributed by atoms with E-state index in [-0.39, 0.29) is 5.41 Å². The third-order valence-electron chi connectivity index (χ3n) is 3.60. The number of hydrogen-bond donors (Lipinski definition) is 2. The molecule has 2 heteroatoms. The van der Waals surface area contributed by atoms with Crippen molar-refractivity contribution in [2.24, 2.45) is 5.73 Å². The van der Waals surface area contributed by atoms with Gasteiger partial charge in [-0.3, -0.25) is 5.73 Å². The SMILES string of the molecule is CCCCCC(N)(O)c1cc(C)cc(C(C)(C)C)c1. The van der Waals surface area contributed by atoms with Gasteiger partial charge in [0.15, 0.2) is 0 Å². The standard InChI is InChI=1S/C17H29NO/c1-6-7-8-9-17(18,19)15-11-13(2)10-14(12-15)16(3,4)5/h10-12,19H,6-9,18H2,1-5H3. The Labute approximate surface area is 118 Å². The molecule has 0 fully saturated rings. The largest absolute Gasteiger partial charge is 0.372 e. The van der Waals surface area contributed by atoms with Crippen molar-refractivity contribution < 1.29 is 5.11 Å². The minimum Gasteiger partial charge on any atom is -0.372 e. The molecule has 0 aliphatic carbocycles. The Kier molecular flexibility index (Phi) is 5.17. The second-order valence-electron chi connectivity index (χ2n) is 6.72. The molecule has 0 aliphatic rings. The molecule has 0 radical (unpaired) electrons. The van der Waals surface area contributed by atoms with E-state index in [1.54, 1.807) is 0 Å². The summed E-state index contributed by atoms with van der Waals surface area (Å²) in [5, 5.41) is 10.5. The first-order valence-electron chi connectivity index (χ1n) is 7.30. The summed E-state index contributed by atoms with van der Waals surface area (Å²) in [7, 11) is 0. The summed E-state index contributed by atoms with van der Waals surface area (Å²) in [5.74, 6) is 0. The predicted octanol–water partition coefficient (Wildman–Crippen LogP) is 3.98. The van der Waals surface area contributed by atoms with E-state index in [1.165, 1.54) is 5.56 Å². The molecule has 1 atom stereocenters. The lowest BCUT2D eigenvalue weighted by Crippen LogP contribution is -2.36. The lowest BCUT2D eigenvalue weighted by molar-refractivity contribution is 0.0314. The van der Waals surface area contributed by atoms with Crippen LogP contribution in [0.3, 0.4) is 0 Å². The summed E-state index contributed by atoms with van der Waals surface area (Å²) in [5.41, 5.74) is 8.20. The van der Waals surface area contributed by atoms with Crippen LogP contribution in [0.15, 0.2) is 18.2 Å². The van der Waals surface area contributed by atoms with Gasteiger partial charge in [0.25, 0.3) is 0 Å². The summed E-state index contributed by atoms with van der Waals surface area (Å²) in [6.45, 7) is 10.7. The molecule has 0 bridgehead atoms. The molecule has 0 saturated carbocycles. The maximum Gasteiger partial charge on any atom is 0.139 e. The van der Waals surface area contributed by atoms with Gasteiger partial charge in [0.1, 0.15) is 5.72 Å². The van der Waals surface area contributed by atoms with Crippen LogP contribution in [-0.2, 0) is 11.1 Å². The molecule has 0 spiro atoms. The Bertz CT molecular complexity index is 416. The van der Waals surface area contributed by atoms with Crippen LogP contribution in [0.4, 0.5) is 0 Å². The van der Waals surface area contributed by atoms with Gasteiger partial charge in [-0.2, -0.15) is 0 Å². The van der Waals surface area contributed by atoms with Gasteiger partial charge in [-0.05, 0) is 36.3 Å². The van der Waals surface area contributed by atoms with Crippen molar-refractivity contribution in [2.75, 3.05) is 0 Å². The van der Waals surface area contributed by atoms with Crippen LogP contribution in [0, 0.1) is 6.92 Å². The van der Waals surface area contributed by atoms with Crippen molar-refractivity contribution in [3.63, 3.8) is 0 Å². The summed E-state index contributed by atoms with van der Waals surface area (Å²) in [4.78, 5) is 0. The van der Waals surface area contributed by atoms with Gasteiger partial charge in [0, 0.05) is 0 Å². The van der Waals surface area contributed by atoms with Gasteiger partial charge in [0.2, 0.25) is 0 Å². The van der Waals surface area contributed by atoms with Crippen LogP contribution < -0.4 is 5.73 Å². The van der Waals surface area contributed by atoms with Gasteiger partial charge in [0.05, 0.1) is 0 Å². The molecular formula is C17H29NO. The zero-order valence-corrected chi connectivity index (χ0v) is 13.1. The quantitative estimate of drug-likeness (QED) is 0.623. The van der Waals surface area contributed by atoms with E-state index in [2.05, 4.69) is 46.8 Å². The Morgan fingerprint density at radius 1 is 1.05 bits per heavy atom. The van der Waals surface area contributed by atoms with Gasteiger partial charge in [-0.15, -0.1) is 0 Å². The summed E-state index contributed by atoms with van der Waals surface area (Å²) < 4.78 is 0. The molecule has 108 valence electrons. The zero-order valence-electron chi connectivity index (χ0n) is 13.1. The maximum absolute atomic E-state index is 10.5. The number of aliphatic hydroxyl groups is 1. The number of rotatable bonds is 5. The normalized spacial score (nSPS) is 15.3. The fraction of sp³-hybridized carbons (Fsp3) is 0.647. The number of aryl methyl sites for hydroxylation is 1. The molecule has 19 heavy (non-hydrogen) atoms. The van der Waals surface area contributed by atoms with E-state index in [0.29, 0.717) is 6.42 Å². The Balaban J connectivity index is 3.02. The topological polar surface area (TPSA) is 46.2 Å². The molecule has 1 aromatic rings. The summed E-state index contributed by atoms with van der Waals surface area (Å²) >= 11 is 0. The first-order valence-corrected chi connectivity index (χ1v) is 7.30. The van der Waals surface area contributed by atoms with E-state index in [1.807, 2.05) is 6.07 Å². The van der Waals surface area contributed by atoms with Gasteiger partial charge in [-0.1, -0.05) is 64.3 Å². The number of hydrogen-bond acceptors (Lipinski definition) is 2. The van der Waals surface area contributed by atoms with Crippen molar-refractivity contribution in [2.45, 2.75) is 71.4 Å². The molecule has 1 unspecified atom stereocenters. The third-order valence-corrected chi connectivity index (χ3v) is 3.60. The summed E-state index contributed by atoms with van der Waals surface area (Å²) in [6.07, 6.45) is 3.82. The molecule has 0 heterocycles. The first kappa shape index (κ1) is 16.2. The smallest absolute Gasteiger partial charge is 0.139 e. The average molecular weight is 263 g/mol. The van der Waals surface area contributed by atoms with Crippen molar-refractivity contribution >= 4 is 0 Å². The van der Waals surface area contributed by atoms with E-state index >= 15 is 0 Å². The lowest BCUT2D eigenvalue weighted by Gasteiger charge is -2.27. The Morgan fingerprint density at radius 3 is 2.16 bits per heavy atom. The molecule has 3 N–H and O–H groups in total.